The van der Waals surface area contributed by atoms with E-state index in [2.05, 4.69) is 0 Å². The number of non-ortho nitro benzene ring substituents is 1. The molecule has 1 aliphatic rings. The summed E-state index contributed by atoms with van der Waals surface area (Å²) in [5.41, 5.74) is -0.314. The zero-order valence-electron chi connectivity index (χ0n) is 17.0. The zero-order valence-corrected chi connectivity index (χ0v) is 17.9. The smallest absolute Gasteiger partial charge is 0.271 e. The van der Waals surface area contributed by atoms with Crippen LogP contribution >= 0.6 is 0 Å². The molecule has 1 fully saturated rings. The predicted molar refractivity (Wildman–Crippen MR) is 107 cm³/mol. The van der Waals surface area contributed by atoms with Crippen molar-refractivity contribution in [3.8, 4) is 5.75 Å². The van der Waals surface area contributed by atoms with Gasteiger partial charge < -0.3 is 9.64 Å². The number of methoxy groups -OCH3 is 1. The highest BCUT2D eigenvalue weighted by atomic mass is 32.2. The first-order chi connectivity index (χ1) is 13.7. The van der Waals surface area contributed by atoms with Crippen LogP contribution in [0.4, 0.5) is 5.69 Å². The second-order valence-corrected chi connectivity index (χ2v) is 8.60. The van der Waals surface area contributed by atoms with Crippen molar-refractivity contribution in [1.82, 2.24) is 14.1 Å². The minimum Gasteiger partial charge on any atom is -0.495 e. The Balaban J connectivity index is 2.18. The van der Waals surface area contributed by atoms with Crippen LogP contribution in [0.5, 0.6) is 5.75 Å². The van der Waals surface area contributed by atoms with Crippen molar-refractivity contribution in [2.45, 2.75) is 25.2 Å². The fourth-order valence-electron chi connectivity index (χ4n) is 3.33. The molecule has 1 heterocycles. The normalized spacial score (nSPS) is 16.2. The van der Waals surface area contributed by atoms with Crippen molar-refractivity contribution in [2.24, 2.45) is 0 Å². The van der Waals surface area contributed by atoms with E-state index in [-0.39, 0.29) is 41.9 Å². The number of hydrogen-bond acceptors (Lipinski definition) is 7. The van der Waals surface area contributed by atoms with E-state index in [1.807, 2.05) is 18.7 Å². The van der Waals surface area contributed by atoms with Crippen molar-refractivity contribution in [3.63, 3.8) is 0 Å². The molecule has 1 amide bonds. The van der Waals surface area contributed by atoms with Gasteiger partial charge in [-0.2, -0.15) is 4.31 Å². The van der Waals surface area contributed by atoms with Crippen LogP contribution in [0.1, 0.15) is 20.3 Å². The van der Waals surface area contributed by atoms with Gasteiger partial charge in [-0.25, -0.2) is 8.42 Å². The SMILES string of the molecule is CCN(CC)C(=O)CN1CCCN(S(=O)(=O)c2cc([N+](=O)[O-])ccc2OC)CC1. The summed E-state index contributed by atoms with van der Waals surface area (Å²) in [5, 5.41) is 11.1. The first-order valence-electron chi connectivity index (χ1n) is 9.57. The highest BCUT2D eigenvalue weighted by molar-refractivity contribution is 7.89. The van der Waals surface area contributed by atoms with Gasteiger partial charge in [0, 0.05) is 44.9 Å². The van der Waals surface area contributed by atoms with Gasteiger partial charge in [-0.3, -0.25) is 19.8 Å². The van der Waals surface area contributed by atoms with Gasteiger partial charge in [0.1, 0.15) is 10.6 Å². The number of hydrogen-bond donors (Lipinski definition) is 0. The summed E-state index contributed by atoms with van der Waals surface area (Å²) in [5.74, 6) is 0.0834. The van der Waals surface area contributed by atoms with Crippen molar-refractivity contribution in [2.75, 3.05) is 52.9 Å². The lowest BCUT2D eigenvalue weighted by molar-refractivity contribution is -0.385. The number of rotatable bonds is 8. The van der Waals surface area contributed by atoms with E-state index in [9.17, 15) is 23.3 Å². The second-order valence-electron chi connectivity index (χ2n) is 6.69. The first-order valence-corrected chi connectivity index (χ1v) is 11.0. The molecule has 0 atom stereocenters. The van der Waals surface area contributed by atoms with Gasteiger partial charge in [-0.1, -0.05) is 0 Å². The molecule has 162 valence electrons. The molecule has 0 unspecified atom stereocenters. The number of benzene rings is 1. The van der Waals surface area contributed by atoms with Crippen LogP contribution in [-0.4, -0.2) is 86.3 Å². The topological polar surface area (TPSA) is 113 Å². The molecular weight excluding hydrogens is 400 g/mol. The van der Waals surface area contributed by atoms with Gasteiger partial charge in [-0.15, -0.1) is 0 Å². The molecule has 0 N–H and O–H groups in total. The van der Waals surface area contributed by atoms with Gasteiger partial charge in [-0.05, 0) is 32.9 Å². The lowest BCUT2D eigenvalue weighted by Crippen LogP contribution is -2.42. The van der Waals surface area contributed by atoms with Crippen LogP contribution in [0.3, 0.4) is 0 Å². The van der Waals surface area contributed by atoms with Crippen molar-refractivity contribution < 1.29 is 22.9 Å². The highest BCUT2D eigenvalue weighted by Gasteiger charge is 2.31. The quantitative estimate of drug-likeness (QED) is 0.451. The second kappa shape index (κ2) is 9.99. The van der Waals surface area contributed by atoms with E-state index in [0.717, 1.165) is 6.07 Å². The summed E-state index contributed by atoms with van der Waals surface area (Å²) < 4.78 is 32.7. The third-order valence-corrected chi connectivity index (χ3v) is 6.92. The summed E-state index contributed by atoms with van der Waals surface area (Å²) in [6.07, 6.45) is 0.558. The van der Waals surface area contributed by atoms with Gasteiger partial charge >= 0.3 is 0 Å². The van der Waals surface area contributed by atoms with Crippen molar-refractivity contribution in [1.29, 1.82) is 0 Å². The number of ether oxygens (including phenoxy) is 1. The molecular formula is C18H28N4O6S. The number of nitro groups is 1. The maximum atomic E-state index is 13.2. The summed E-state index contributed by atoms with van der Waals surface area (Å²) in [6.45, 7) is 6.83. The molecule has 2 rings (SSSR count). The number of sulfonamides is 1. The molecule has 0 radical (unpaired) electrons. The number of carbonyl (C=O) groups is 1. The Morgan fingerprint density at radius 1 is 1.21 bits per heavy atom. The van der Waals surface area contributed by atoms with E-state index in [0.29, 0.717) is 32.6 Å². The first kappa shape index (κ1) is 23.0. The molecule has 0 spiro atoms. The van der Waals surface area contributed by atoms with E-state index < -0.39 is 14.9 Å². The van der Waals surface area contributed by atoms with Crippen molar-refractivity contribution >= 4 is 21.6 Å². The molecule has 0 saturated carbocycles. The van der Waals surface area contributed by atoms with Crippen LogP contribution in [0.25, 0.3) is 0 Å². The summed E-state index contributed by atoms with van der Waals surface area (Å²) >= 11 is 0. The molecule has 0 aromatic heterocycles. The average molecular weight is 429 g/mol. The number of nitrogens with zero attached hydrogens (tertiary/aromatic N) is 4. The summed E-state index contributed by atoms with van der Waals surface area (Å²) in [7, 11) is -2.66. The molecule has 29 heavy (non-hydrogen) atoms. The van der Waals surface area contributed by atoms with Gasteiger partial charge in [0.25, 0.3) is 5.69 Å². The molecule has 10 nitrogen and oxygen atoms in total. The van der Waals surface area contributed by atoms with Crippen molar-refractivity contribution in [3.05, 3.63) is 28.3 Å². The molecule has 1 aromatic carbocycles. The monoisotopic (exact) mass is 428 g/mol. The van der Waals surface area contributed by atoms with Crippen LogP contribution in [-0.2, 0) is 14.8 Å². The van der Waals surface area contributed by atoms with Crippen LogP contribution < -0.4 is 4.74 Å². The molecule has 0 aliphatic carbocycles. The average Bonchev–Trinajstić information content (AvgIpc) is 2.94. The predicted octanol–water partition coefficient (Wildman–Crippen LogP) is 1.17. The Labute approximate surface area is 171 Å². The van der Waals surface area contributed by atoms with E-state index in [4.69, 9.17) is 4.74 Å². The number of carbonyl (C=O) groups excluding carboxylic acids is 1. The Hall–Kier alpha value is -2.24. The minimum atomic E-state index is -3.98. The highest BCUT2D eigenvalue weighted by Crippen LogP contribution is 2.31. The zero-order chi connectivity index (χ0) is 21.6. The maximum Gasteiger partial charge on any atom is 0.271 e. The largest absolute Gasteiger partial charge is 0.495 e. The standard InChI is InChI=1S/C18H28N4O6S/c1-4-20(5-2)18(23)14-19-9-6-10-21(12-11-19)29(26,27)17-13-15(22(24)25)7-8-16(17)28-3/h7-8,13H,4-6,9-12,14H2,1-3H3. The molecule has 1 aliphatic heterocycles. The number of nitro benzene ring substituents is 1. The Morgan fingerprint density at radius 2 is 1.90 bits per heavy atom. The Bertz CT molecular complexity index is 841. The number of amides is 1. The Kier molecular flexibility index (Phi) is 7.94. The summed E-state index contributed by atoms with van der Waals surface area (Å²) in [6, 6.07) is 3.53. The van der Waals surface area contributed by atoms with Gasteiger partial charge in [0.15, 0.2) is 0 Å². The maximum absolute atomic E-state index is 13.2. The third kappa shape index (κ3) is 5.43. The molecule has 0 bridgehead atoms. The fraction of sp³-hybridized carbons (Fsp3) is 0.611. The third-order valence-electron chi connectivity index (χ3n) is 5.00. The molecule has 1 aromatic rings. The van der Waals surface area contributed by atoms with Gasteiger partial charge in [0.2, 0.25) is 15.9 Å². The number of likely N-dealkylation sites (N-methyl/N-ethyl adjacent to an activating group) is 1. The van der Waals surface area contributed by atoms with Crippen LogP contribution in [0.15, 0.2) is 23.1 Å². The lowest BCUT2D eigenvalue weighted by atomic mass is 10.3. The van der Waals surface area contributed by atoms with Gasteiger partial charge in [0.05, 0.1) is 18.6 Å². The van der Waals surface area contributed by atoms with Crippen LogP contribution in [0, 0.1) is 10.1 Å². The summed E-state index contributed by atoms with van der Waals surface area (Å²) in [4.78, 5) is 26.2. The van der Waals surface area contributed by atoms with E-state index in [1.54, 1.807) is 4.90 Å². The fourth-order valence-corrected chi connectivity index (χ4v) is 4.98. The molecule has 11 heteroatoms. The van der Waals surface area contributed by atoms with E-state index in [1.165, 1.54) is 23.5 Å². The minimum absolute atomic E-state index is 0.0201. The van der Waals surface area contributed by atoms with Crippen LogP contribution in [0.2, 0.25) is 0 Å². The molecule has 1 saturated heterocycles. The van der Waals surface area contributed by atoms with E-state index >= 15 is 0 Å². The lowest BCUT2D eigenvalue weighted by Gasteiger charge is -2.25. The Morgan fingerprint density at radius 3 is 2.48 bits per heavy atom.